The van der Waals surface area contributed by atoms with Gasteiger partial charge in [0.25, 0.3) is 0 Å². The number of anilines is 6. The summed E-state index contributed by atoms with van der Waals surface area (Å²) in [6, 6.07) is 128. The first-order chi connectivity index (χ1) is 43.7. The third-order valence-electron chi connectivity index (χ3n) is 18.4. The molecule has 14 aromatic carbocycles. The molecule has 412 valence electrons. The van der Waals surface area contributed by atoms with Crippen LogP contribution >= 0.6 is 0 Å². The standard InChI is InChI=1S/C85H57N3/c1-6-29-58(30-7-1)66-39-18-23-51-78(66)86(61-33-10-3-11-34-61)64-55-60(56-65(57-64)87(62-35-12-4-13-36-62)79-52-24-19-40-67(79)59-31-8-2-9-32-59)68-44-26-49-76-82(68)71-41-16-21-47-74(71)85(76)75-48-22-17-42-72(75)83-69(45-27-50-77(83)85)70-46-28-54-81-84(70)73-43-20-25-53-80(73)88(81)63-37-14-5-15-38-63/h1-57H. The van der Waals surface area contributed by atoms with Gasteiger partial charge in [-0.25, -0.2) is 0 Å². The van der Waals surface area contributed by atoms with Crippen molar-refractivity contribution in [2.45, 2.75) is 5.41 Å². The van der Waals surface area contributed by atoms with Crippen molar-refractivity contribution in [3.8, 4) is 72.4 Å². The molecule has 1 unspecified atom stereocenters. The Morgan fingerprint density at radius 2 is 0.625 bits per heavy atom. The van der Waals surface area contributed by atoms with Gasteiger partial charge < -0.3 is 14.4 Å². The minimum Gasteiger partial charge on any atom is -0.310 e. The van der Waals surface area contributed by atoms with E-state index in [2.05, 4.69) is 360 Å². The lowest BCUT2D eigenvalue weighted by molar-refractivity contribution is 0.794. The summed E-state index contributed by atoms with van der Waals surface area (Å²) in [5, 5.41) is 2.49. The first kappa shape index (κ1) is 50.9. The Bertz CT molecular complexity index is 5000. The number of aromatic nitrogens is 1. The van der Waals surface area contributed by atoms with Gasteiger partial charge in [0.2, 0.25) is 0 Å². The molecule has 0 aliphatic heterocycles. The lowest BCUT2D eigenvalue weighted by Crippen LogP contribution is -2.25. The number of hydrogen-bond acceptors (Lipinski definition) is 2. The third kappa shape index (κ3) is 7.91. The van der Waals surface area contributed by atoms with E-state index >= 15 is 0 Å². The van der Waals surface area contributed by atoms with E-state index in [-0.39, 0.29) is 0 Å². The van der Waals surface area contributed by atoms with Crippen molar-refractivity contribution in [3.05, 3.63) is 368 Å². The fourth-order valence-electron chi connectivity index (χ4n) is 14.9. The molecule has 1 aromatic heterocycles. The van der Waals surface area contributed by atoms with Crippen molar-refractivity contribution in [3.63, 3.8) is 0 Å². The van der Waals surface area contributed by atoms with Crippen molar-refractivity contribution in [1.29, 1.82) is 0 Å². The maximum Gasteiger partial charge on any atom is 0.0725 e. The zero-order valence-corrected chi connectivity index (χ0v) is 48.3. The Labute approximate surface area is 513 Å². The summed E-state index contributed by atoms with van der Waals surface area (Å²) in [4.78, 5) is 4.92. The molecule has 0 saturated carbocycles. The molecule has 0 bridgehead atoms. The molecule has 1 atom stereocenters. The van der Waals surface area contributed by atoms with Gasteiger partial charge in [0.1, 0.15) is 0 Å². The maximum absolute atomic E-state index is 2.46. The molecule has 0 fully saturated rings. The average Bonchev–Trinajstić information content (AvgIpc) is 1.56. The molecule has 1 heterocycles. The quantitative estimate of drug-likeness (QED) is 0.128. The lowest BCUT2D eigenvalue weighted by atomic mass is 9.70. The highest BCUT2D eigenvalue weighted by Crippen LogP contribution is 2.66. The van der Waals surface area contributed by atoms with Gasteiger partial charge in [0.05, 0.1) is 27.8 Å². The Kier molecular flexibility index (Phi) is 12.1. The van der Waals surface area contributed by atoms with Crippen LogP contribution in [0.5, 0.6) is 0 Å². The SMILES string of the molecule is c1ccc(-c2ccccc2N(c2ccccc2)c2cc(-c3cccc4c3-c3ccccc3C43c4ccccc4-c4c(-c5cccc6c5c5ccccc5n6-c5ccccc5)cccc43)cc(N(c3ccccc3)c3ccccc3-c3ccccc3)c2)cc1. The molecule has 0 saturated heterocycles. The van der Waals surface area contributed by atoms with Gasteiger partial charge in [-0.2, -0.15) is 0 Å². The van der Waals surface area contributed by atoms with Crippen molar-refractivity contribution in [2.24, 2.45) is 0 Å². The number of benzene rings is 14. The zero-order valence-electron chi connectivity index (χ0n) is 48.3. The van der Waals surface area contributed by atoms with E-state index in [1.807, 2.05) is 0 Å². The van der Waals surface area contributed by atoms with Gasteiger partial charge in [-0.05, 0) is 157 Å². The van der Waals surface area contributed by atoms with E-state index in [0.29, 0.717) is 0 Å². The van der Waals surface area contributed by atoms with Crippen molar-refractivity contribution in [1.82, 2.24) is 4.57 Å². The molecule has 15 aromatic rings. The number of hydrogen-bond donors (Lipinski definition) is 0. The number of rotatable bonds is 11. The summed E-state index contributed by atoms with van der Waals surface area (Å²) >= 11 is 0. The zero-order chi connectivity index (χ0) is 58.1. The highest BCUT2D eigenvalue weighted by Gasteiger charge is 2.53. The molecule has 2 aliphatic carbocycles. The van der Waals surface area contributed by atoms with Crippen molar-refractivity contribution < 1.29 is 0 Å². The number of fused-ring (bicyclic) bond motifs is 13. The first-order valence-corrected chi connectivity index (χ1v) is 30.4. The molecule has 0 N–H and O–H groups in total. The van der Waals surface area contributed by atoms with Gasteiger partial charge in [0, 0.05) is 50.3 Å². The fourth-order valence-corrected chi connectivity index (χ4v) is 14.9. The summed E-state index contributed by atoms with van der Waals surface area (Å²) in [6.45, 7) is 0. The van der Waals surface area contributed by atoms with E-state index < -0.39 is 5.41 Å². The predicted molar refractivity (Wildman–Crippen MR) is 368 cm³/mol. The summed E-state index contributed by atoms with van der Waals surface area (Å²) in [6.07, 6.45) is 0. The topological polar surface area (TPSA) is 11.4 Å². The van der Waals surface area contributed by atoms with Crippen LogP contribution in [0.2, 0.25) is 0 Å². The Hall–Kier alpha value is -11.5. The summed E-state index contributed by atoms with van der Waals surface area (Å²) < 4.78 is 2.43. The Balaban J connectivity index is 0.939. The molecule has 17 rings (SSSR count). The first-order valence-electron chi connectivity index (χ1n) is 30.4. The van der Waals surface area contributed by atoms with Crippen molar-refractivity contribution in [2.75, 3.05) is 9.80 Å². The maximum atomic E-state index is 2.46. The molecule has 88 heavy (non-hydrogen) atoms. The molecule has 3 heteroatoms. The van der Waals surface area contributed by atoms with E-state index in [9.17, 15) is 0 Å². The van der Waals surface area contributed by atoms with E-state index in [4.69, 9.17) is 0 Å². The summed E-state index contributed by atoms with van der Waals surface area (Å²) in [5.74, 6) is 0. The third-order valence-corrected chi connectivity index (χ3v) is 18.4. The minimum atomic E-state index is -0.633. The minimum absolute atomic E-state index is 0.633. The average molecular weight is 1120 g/mol. The van der Waals surface area contributed by atoms with E-state index in [1.165, 1.54) is 83.0 Å². The van der Waals surface area contributed by atoms with Crippen LogP contribution in [0.4, 0.5) is 34.1 Å². The number of nitrogens with zero attached hydrogens (tertiary/aromatic N) is 3. The highest BCUT2D eigenvalue weighted by molar-refractivity contribution is 6.18. The van der Waals surface area contributed by atoms with Crippen LogP contribution in [0, 0.1) is 0 Å². The van der Waals surface area contributed by atoms with Crippen LogP contribution in [0.1, 0.15) is 22.3 Å². The van der Waals surface area contributed by atoms with Gasteiger partial charge in [-0.1, -0.05) is 267 Å². The van der Waals surface area contributed by atoms with Crippen LogP contribution in [-0.2, 0) is 5.41 Å². The Morgan fingerprint density at radius 1 is 0.239 bits per heavy atom. The smallest absolute Gasteiger partial charge is 0.0725 e. The Morgan fingerprint density at radius 3 is 1.18 bits per heavy atom. The van der Waals surface area contributed by atoms with Gasteiger partial charge in [-0.3, -0.25) is 0 Å². The molecule has 1 spiro atoms. The largest absolute Gasteiger partial charge is 0.310 e. The van der Waals surface area contributed by atoms with Gasteiger partial charge in [0.15, 0.2) is 0 Å². The van der Waals surface area contributed by atoms with Crippen LogP contribution in [0.25, 0.3) is 94.3 Å². The van der Waals surface area contributed by atoms with E-state index in [0.717, 1.165) is 67.6 Å². The van der Waals surface area contributed by atoms with Crippen LogP contribution < -0.4 is 9.80 Å². The predicted octanol–water partition coefficient (Wildman–Crippen LogP) is 22.7. The lowest BCUT2D eigenvalue weighted by Gasteiger charge is -2.32. The second-order valence-electron chi connectivity index (χ2n) is 23.0. The van der Waals surface area contributed by atoms with Gasteiger partial charge in [-0.15, -0.1) is 0 Å². The molecular weight excluding hydrogens is 1060 g/mol. The van der Waals surface area contributed by atoms with Crippen LogP contribution in [0.3, 0.4) is 0 Å². The summed E-state index contributed by atoms with van der Waals surface area (Å²) in [7, 11) is 0. The summed E-state index contributed by atoms with van der Waals surface area (Å²) in [5.41, 5.74) is 28.8. The normalized spacial score (nSPS) is 13.5. The van der Waals surface area contributed by atoms with Crippen molar-refractivity contribution >= 4 is 55.9 Å². The molecule has 3 nitrogen and oxygen atoms in total. The molecule has 2 aliphatic rings. The molecule has 0 amide bonds. The number of para-hydroxylation sites is 6. The monoisotopic (exact) mass is 1120 g/mol. The molecular formula is C85H57N3. The van der Waals surface area contributed by atoms with E-state index in [1.54, 1.807) is 0 Å². The van der Waals surface area contributed by atoms with Crippen LogP contribution in [-0.4, -0.2) is 4.57 Å². The second-order valence-corrected chi connectivity index (χ2v) is 23.0. The second kappa shape index (κ2) is 20.9. The highest BCUT2D eigenvalue weighted by atomic mass is 15.2. The molecule has 0 radical (unpaired) electrons. The van der Waals surface area contributed by atoms with Crippen LogP contribution in [0.15, 0.2) is 346 Å². The fraction of sp³-hybridized carbons (Fsp3) is 0.0118. The van der Waals surface area contributed by atoms with Gasteiger partial charge >= 0.3 is 0 Å².